The quantitative estimate of drug-likeness (QED) is 0.0469. The number of ether oxygens (including phenoxy) is 2. The van der Waals surface area contributed by atoms with Crippen LogP contribution in [-0.4, -0.2) is 51.7 Å². The van der Waals surface area contributed by atoms with Crippen molar-refractivity contribution >= 4 is 47.0 Å². The van der Waals surface area contributed by atoms with Gasteiger partial charge in [0.1, 0.15) is 0 Å². The second kappa shape index (κ2) is 35.2. The minimum Gasteiger partial charge on any atom is -0.347 e. The maximum absolute atomic E-state index is 6.52. The Morgan fingerprint density at radius 1 is 0.444 bits per heavy atom. The Hall–Kier alpha value is 1.32. The Kier molecular flexibility index (Phi) is 34.6. The lowest BCUT2D eigenvalue weighted by molar-refractivity contribution is -0.179. The first-order valence-corrected chi connectivity index (χ1v) is 24.5. The van der Waals surface area contributed by atoms with Gasteiger partial charge in [-0.05, 0) is 68.0 Å². The molecule has 0 bridgehead atoms. The Morgan fingerprint density at radius 3 is 1.11 bits per heavy atom. The van der Waals surface area contributed by atoms with E-state index < -0.39 is 0 Å². The van der Waals surface area contributed by atoms with E-state index in [0.717, 1.165) is 25.9 Å². The van der Waals surface area contributed by atoms with Crippen LogP contribution >= 0.6 is 47.0 Å². The van der Waals surface area contributed by atoms with Crippen molar-refractivity contribution in [2.24, 2.45) is 0 Å². The van der Waals surface area contributed by atoms with Crippen LogP contribution in [0.3, 0.4) is 0 Å². The third-order valence-electron chi connectivity index (χ3n) is 9.18. The van der Waals surface area contributed by atoms with E-state index in [4.69, 9.17) is 9.47 Å². The van der Waals surface area contributed by atoms with Crippen molar-refractivity contribution in [3.05, 3.63) is 0 Å². The smallest absolute Gasteiger partial charge is 0.168 e. The largest absolute Gasteiger partial charge is 0.347 e. The van der Waals surface area contributed by atoms with E-state index in [9.17, 15) is 0 Å². The molecule has 1 rings (SSSR count). The van der Waals surface area contributed by atoms with E-state index in [2.05, 4.69) is 67.8 Å². The molecule has 1 aliphatic heterocycles. The first-order chi connectivity index (χ1) is 22.3. The molecule has 1 heterocycles. The SMILES string of the molecule is CCCCCCCCSCSCCCCCCCCC1(CCCCCCCCSCSCCCCCCCC)OCC(CC)O1. The minimum absolute atomic E-state index is 0.270. The summed E-state index contributed by atoms with van der Waals surface area (Å²) in [5.41, 5.74) is 0. The average molecular weight is 707 g/mol. The molecule has 1 fully saturated rings. The van der Waals surface area contributed by atoms with E-state index >= 15 is 0 Å². The molecule has 0 aromatic heterocycles. The lowest BCUT2D eigenvalue weighted by Gasteiger charge is -2.28. The summed E-state index contributed by atoms with van der Waals surface area (Å²) in [7, 11) is 0. The zero-order chi connectivity index (χ0) is 32.4. The van der Waals surface area contributed by atoms with Gasteiger partial charge in [0.2, 0.25) is 0 Å². The van der Waals surface area contributed by atoms with Gasteiger partial charge in [0, 0.05) is 23.0 Å². The van der Waals surface area contributed by atoms with Crippen molar-refractivity contribution in [1.29, 1.82) is 0 Å². The molecule has 45 heavy (non-hydrogen) atoms. The first-order valence-electron chi connectivity index (χ1n) is 19.9. The average Bonchev–Trinajstić information content (AvgIpc) is 3.47. The zero-order valence-electron chi connectivity index (χ0n) is 30.6. The standard InChI is InChI=1S/C39H78O2S4/c1-4-7-9-11-19-25-31-42-36-44-33-27-21-15-13-17-23-29-39(40-35-38(6-3)41-39)30-24-18-14-16-22-28-34-45-37-43-32-26-20-12-10-8-5-2/h38H,4-37H2,1-3H3. The summed E-state index contributed by atoms with van der Waals surface area (Å²) >= 11 is 8.64. The molecule has 1 atom stereocenters. The summed E-state index contributed by atoms with van der Waals surface area (Å²) in [6.45, 7) is 7.64. The van der Waals surface area contributed by atoms with Crippen molar-refractivity contribution in [2.75, 3.05) is 39.8 Å². The second-order valence-electron chi connectivity index (χ2n) is 13.5. The Bertz CT molecular complexity index is 541. The summed E-state index contributed by atoms with van der Waals surface area (Å²) in [5.74, 6) is 5.17. The highest BCUT2D eigenvalue weighted by atomic mass is 32.2. The molecular formula is C39H78O2S4. The highest BCUT2D eigenvalue weighted by Crippen LogP contribution is 2.35. The van der Waals surface area contributed by atoms with Gasteiger partial charge in [0.25, 0.3) is 0 Å². The molecule has 6 heteroatoms. The number of hydrogen-bond acceptors (Lipinski definition) is 6. The molecular weight excluding hydrogens is 629 g/mol. The predicted molar refractivity (Wildman–Crippen MR) is 215 cm³/mol. The molecule has 0 N–H and O–H groups in total. The third kappa shape index (κ3) is 28.8. The molecule has 1 unspecified atom stereocenters. The van der Waals surface area contributed by atoms with Gasteiger partial charge in [-0.3, -0.25) is 0 Å². The van der Waals surface area contributed by atoms with Crippen molar-refractivity contribution in [2.45, 2.75) is 206 Å². The fourth-order valence-corrected chi connectivity index (χ4v) is 10.6. The fraction of sp³-hybridized carbons (Fsp3) is 1.00. The Balaban J connectivity index is 1.93. The van der Waals surface area contributed by atoms with Crippen LogP contribution < -0.4 is 0 Å². The molecule has 0 aromatic carbocycles. The monoisotopic (exact) mass is 706 g/mol. The minimum atomic E-state index is -0.270. The molecule has 1 saturated heterocycles. The van der Waals surface area contributed by atoms with Gasteiger partial charge in [0.05, 0.1) is 12.7 Å². The van der Waals surface area contributed by atoms with Crippen molar-refractivity contribution in [3.63, 3.8) is 0 Å². The summed E-state index contributed by atoms with van der Waals surface area (Å²) in [6, 6.07) is 0. The normalized spacial score (nSPS) is 16.2. The fourth-order valence-electron chi connectivity index (χ4n) is 6.14. The maximum atomic E-state index is 6.52. The van der Waals surface area contributed by atoms with Gasteiger partial charge < -0.3 is 9.47 Å². The summed E-state index contributed by atoms with van der Waals surface area (Å²) in [5, 5.41) is 2.60. The maximum Gasteiger partial charge on any atom is 0.168 e. The Morgan fingerprint density at radius 2 is 0.778 bits per heavy atom. The van der Waals surface area contributed by atoms with Crippen LogP contribution in [0.25, 0.3) is 0 Å². The van der Waals surface area contributed by atoms with Gasteiger partial charge in [-0.15, -0.1) is 0 Å². The van der Waals surface area contributed by atoms with Crippen LogP contribution in [0.2, 0.25) is 0 Å². The van der Waals surface area contributed by atoms with Crippen molar-refractivity contribution < 1.29 is 9.47 Å². The molecule has 0 aromatic rings. The molecule has 270 valence electrons. The highest BCUT2D eigenvalue weighted by Gasteiger charge is 2.39. The van der Waals surface area contributed by atoms with Crippen molar-refractivity contribution in [3.8, 4) is 0 Å². The number of thioether (sulfide) groups is 4. The molecule has 1 aliphatic rings. The van der Waals surface area contributed by atoms with Gasteiger partial charge in [-0.2, -0.15) is 47.0 Å². The van der Waals surface area contributed by atoms with Gasteiger partial charge in [-0.25, -0.2) is 0 Å². The topological polar surface area (TPSA) is 18.5 Å². The van der Waals surface area contributed by atoms with E-state index in [1.165, 1.54) is 187 Å². The lowest BCUT2D eigenvalue weighted by Crippen LogP contribution is -2.31. The lowest BCUT2D eigenvalue weighted by atomic mass is 9.99. The van der Waals surface area contributed by atoms with Crippen LogP contribution in [-0.2, 0) is 9.47 Å². The molecule has 0 spiro atoms. The predicted octanol–water partition coefficient (Wildman–Crippen LogP) is 14.5. The van der Waals surface area contributed by atoms with E-state index in [1.54, 1.807) is 0 Å². The number of rotatable bonds is 37. The van der Waals surface area contributed by atoms with Crippen molar-refractivity contribution in [1.82, 2.24) is 0 Å². The molecule has 0 aliphatic carbocycles. The van der Waals surface area contributed by atoms with E-state index in [1.807, 2.05) is 0 Å². The molecule has 0 amide bonds. The molecule has 0 saturated carbocycles. The van der Waals surface area contributed by atoms with Gasteiger partial charge in [0.15, 0.2) is 5.79 Å². The summed E-state index contributed by atoms with van der Waals surface area (Å²) in [4.78, 5) is 0. The van der Waals surface area contributed by atoms with E-state index in [0.29, 0.717) is 6.10 Å². The zero-order valence-corrected chi connectivity index (χ0v) is 33.8. The van der Waals surface area contributed by atoms with Crippen LogP contribution in [0, 0.1) is 0 Å². The van der Waals surface area contributed by atoms with E-state index in [-0.39, 0.29) is 5.79 Å². The van der Waals surface area contributed by atoms with Crippen LogP contribution in [0.1, 0.15) is 194 Å². The second-order valence-corrected chi connectivity index (χ2v) is 18.7. The third-order valence-corrected chi connectivity index (χ3v) is 14.2. The summed E-state index contributed by atoms with van der Waals surface area (Å²) < 4.78 is 12.9. The highest BCUT2D eigenvalue weighted by molar-refractivity contribution is 8.16. The summed E-state index contributed by atoms with van der Waals surface area (Å²) in [6.07, 6.45) is 37.0. The number of hydrogen-bond donors (Lipinski definition) is 0. The van der Waals surface area contributed by atoms with Crippen LogP contribution in [0.15, 0.2) is 0 Å². The first kappa shape index (κ1) is 44.3. The molecule has 0 radical (unpaired) electrons. The van der Waals surface area contributed by atoms with Crippen LogP contribution in [0.4, 0.5) is 0 Å². The molecule has 2 nitrogen and oxygen atoms in total. The van der Waals surface area contributed by atoms with Gasteiger partial charge in [-0.1, -0.05) is 136 Å². The number of unbranched alkanes of at least 4 members (excludes halogenated alkanes) is 20. The Labute approximate surface area is 300 Å². The van der Waals surface area contributed by atoms with Crippen LogP contribution in [0.5, 0.6) is 0 Å². The van der Waals surface area contributed by atoms with Gasteiger partial charge >= 0.3 is 0 Å².